The summed E-state index contributed by atoms with van der Waals surface area (Å²) in [6.45, 7) is 8.08. The number of likely N-dealkylation sites (N-methyl/N-ethyl adjacent to an activating group) is 1. The largest absolute Gasteiger partial charge is 0.465 e. The predicted molar refractivity (Wildman–Crippen MR) is 39.5 cm³/mol. The minimum atomic E-state index is -0.239. The van der Waals surface area contributed by atoms with E-state index in [1.165, 1.54) is 0 Å². The van der Waals surface area contributed by atoms with Gasteiger partial charge >= 0.3 is 5.97 Å². The molecule has 0 aromatic carbocycles. The van der Waals surface area contributed by atoms with Gasteiger partial charge in [0, 0.05) is 0 Å². The molecule has 0 heterocycles. The average Bonchev–Trinajstić information content (AvgIpc) is 1.89. The molecule has 1 N–H and O–H groups in total. The normalized spacial score (nSPS) is 12.7. The molecule has 10 heavy (non-hydrogen) atoms. The predicted octanol–water partition coefficient (Wildman–Crippen LogP) is 0.362. The molecule has 0 aromatic heterocycles. The van der Waals surface area contributed by atoms with E-state index in [-0.39, 0.29) is 18.6 Å². The van der Waals surface area contributed by atoms with Crippen molar-refractivity contribution in [1.82, 2.24) is 5.32 Å². The molecule has 3 nitrogen and oxygen atoms in total. The topological polar surface area (TPSA) is 38.3 Å². The van der Waals surface area contributed by atoms with Crippen molar-refractivity contribution in [3.63, 3.8) is 0 Å². The Hall–Kier alpha value is -0.570. The monoisotopic (exact) mass is 144 g/mol. The molecule has 1 atom stereocenters. The quantitative estimate of drug-likeness (QED) is 0.579. The highest BCUT2D eigenvalue weighted by Gasteiger charge is 2.10. The van der Waals surface area contributed by atoms with Crippen LogP contribution in [0.25, 0.3) is 0 Å². The van der Waals surface area contributed by atoms with Crippen molar-refractivity contribution < 1.29 is 9.53 Å². The van der Waals surface area contributed by atoms with Crippen LogP contribution in [-0.4, -0.2) is 25.2 Å². The van der Waals surface area contributed by atoms with E-state index < -0.39 is 0 Å². The lowest BCUT2D eigenvalue weighted by Gasteiger charge is -2.09. The first-order valence-electron chi connectivity index (χ1n) is 3.41. The molecule has 0 bridgehead atoms. The van der Waals surface area contributed by atoms with Crippen LogP contribution in [-0.2, 0) is 9.53 Å². The van der Waals surface area contributed by atoms with Crippen LogP contribution < -0.4 is 5.32 Å². The van der Waals surface area contributed by atoms with E-state index in [9.17, 15) is 4.79 Å². The summed E-state index contributed by atoms with van der Waals surface area (Å²) in [4.78, 5) is 10.8. The van der Waals surface area contributed by atoms with Crippen molar-refractivity contribution in [1.29, 1.82) is 0 Å². The number of carbonyl (C=O) groups is 1. The molecule has 0 saturated carbocycles. The maximum Gasteiger partial charge on any atom is 0.322 e. The first-order valence-corrected chi connectivity index (χ1v) is 3.41. The Morgan fingerprint density at radius 1 is 1.80 bits per heavy atom. The van der Waals surface area contributed by atoms with Gasteiger partial charge in [-0.15, -0.1) is 0 Å². The van der Waals surface area contributed by atoms with Crippen molar-refractivity contribution in [2.75, 3.05) is 13.2 Å². The van der Waals surface area contributed by atoms with Crippen molar-refractivity contribution >= 4 is 5.97 Å². The minimum Gasteiger partial charge on any atom is -0.465 e. The molecular formula is C7H14NO2. The molecule has 0 saturated heterocycles. The van der Waals surface area contributed by atoms with Crippen molar-refractivity contribution in [3.05, 3.63) is 6.92 Å². The van der Waals surface area contributed by atoms with Gasteiger partial charge in [0.25, 0.3) is 0 Å². The third-order valence-corrected chi connectivity index (χ3v) is 1.11. The third-order valence-electron chi connectivity index (χ3n) is 1.11. The number of hydrogen-bond acceptors (Lipinski definition) is 3. The van der Waals surface area contributed by atoms with Crippen LogP contribution in [0, 0.1) is 6.92 Å². The maximum absolute atomic E-state index is 10.8. The molecule has 0 spiro atoms. The Balaban J connectivity index is 3.49. The van der Waals surface area contributed by atoms with Gasteiger partial charge in [0.1, 0.15) is 6.04 Å². The number of carbonyl (C=O) groups excluding carboxylic acids is 1. The summed E-state index contributed by atoms with van der Waals surface area (Å²) in [5.74, 6) is -0.239. The number of nitrogens with one attached hydrogen (secondary N) is 1. The second-order valence-corrected chi connectivity index (χ2v) is 1.95. The molecule has 0 amide bonds. The molecule has 0 rings (SSSR count). The van der Waals surface area contributed by atoms with E-state index in [2.05, 4.69) is 17.0 Å². The van der Waals surface area contributed by atoms with Gasteiger partial charge in [-0.1, -0.05) is 6.92 Å². The minimum absolute atomic E-state index is 0.203. The fraction of sp³-hybridized carbons (Fsp3) is 0.714. The van der Waals surface area contributed by atoms with E-state index in [1.54, 1.807) is 6.92 Å². The second-order valence-electron chi connectivity index (χ2n) is 1.95. The summed E-state index contributed by atoms with van der Waals surface area (Å²) in [6.07, 6.45) is 0. The first-order chi connectivity index (χ1) is 4.72. The highest BCUT2D eigenvalue weighted by molar-refractivity contribution is 5.75. The van der Waals surface area contributed by atoms with Crippen LogP contribution >= 0.6 is 0 Å². The first kappa shape index (κ1) is 9.43. The molecular weight excluding hydrogens is 130 g/mol. The Morgan fingerprint density at radius 2 is 2.40 bits per heavy atom. The molecule has 59 valence electrons. The fourth-order valence-electron chi connectivity index (χ4n) is 0.615. The van der Waals surface area contributed by atoms with E-state index in [0.29, 0.717) is 0 Å². The van der Waals surface area contributed by atoms with Crippen LogP contribution in [0.15, 0.2) is 0 Å². The van der Waals surface area contributed by atoms with Crippen molar-refractivity contribution in [2.45, 2.75) is 19.9 Å². The van der Waals surface area contributed by atoms with Gasteiger partial charge in [0.2, 0.25) is 0 Å². The Morgan fingerprint density at radius 3 is 2.80 bits per heavy atom. The van der Waals surface area contributed by atoms with Crippen LogP contribution in [0.1, 0.15) is 13.8 Å². The van der Waals surface area contributed by atoms with E-state index in [4.69, 9.17) is 0 Å². The van der Waals surface area contributed by atoms with E-state index in [0.717, 1.165) is 6.54 Å². The number of esters is 1. The van der Waals surface area contributed by atoms with Crippen molar-refractivity contribution in [2.24, 2.45) is 0 Å². The molecule has 0 aliphatic rings. The summed E-state index contributed by atoms with van der Waals surface area (Å²) in [7, 11) is 0. The molecule has 0 aromatic rings. The summed E-state index contributed by atoms with van der Waals surface area (Å²) in [5.41, 5.74) is 0. The number of ether oxygens (including phenoxy) is 1. The van der Waals surface area contributed by atoms with Gasteiger partial charge in [-0.3, -0.25) is 4.79 Å². The van der Waals surface area contributed by atoms with Crippen molar-refractivity contribution in [3.8, 4) is 0 Å². The van der Waals surface area contributed by atoms with Gasteiger partial charge in [-0.25, -0.2) is 0 Å². The van der Waals surface area contributed by atoms with Crippen LogP contribution in [0.4, 0.5) is 0 Å². The highest BCUT2D eigenvalue weighted by Crippen LogP contribution is 1.85. The lowest BCUT2D eigenvalue weighted by atomic mass is 10.3. The smallest absolute Gasteiger partial charge is 0.322 e. The average molecular weight is 144 g/mol. The highest BCUT2D eigenvalue weighted by atomic mass is 16.5. The second kappa shape index (κ2) is 5.23. The van der Waals surface area contributed by atoms with Gasteiger partial charge in [0.05, 0.1) is 6.61 Å². The van der Waals surface area contributed by atoms with Gasteiger partial charge in [-0.05, 0) is 20.4 Å². The fourth-order valence-corrected chi connectivity index (χ4v) is 0.615. The molecule has 0 fully saturated rings. The lowest BCUT2D eigenvalue weighted by Crippen LogP contribution is -2.35. The standard InChI is InChI=1S/C7H14NO2/c1-4-8-6(3)7(9)10-5-2/h6,8H,2,4-5H2,1,3H3. The Bertz CT molecular complexity index is 104. The summed E-state index contributed by atoms with van der Waals surface area (Å²) in [6, 6.07) is -0.216. The lowest BCUT2D eigenvalue weighted by molar-refractivity contribution is -0.144. The molecule has 1 radical (unpaired) electrons. The van der Waals surface area contributed by atoms with E-state index >= 15 is 0 Å². The van der Waals surface area contributed by atoms with Gasteiger partial charge in [0.15, 0.2) is 0 Å². The zero-order valence-electron chi connectivity index (χ0n) is 6.52. The third kappa shape index (κ3) is 3.45. The zero-order valence-corrected chi connectivity index (χ0v) is 6.52. The number of hydrogen-bond donors (Lipinski definition) is 1. The van der Waals surface area contributed by atoms with E-state index in [1.807, 2.05) is 6.92 Å². The van der Waals surface area contributed by atoms with Crippen LogP contribution in [0.3, 0.4) is 0 Å². The van der Waals surface area contributed by atoms with Gasteiger partial charge < -0.3 is 10.1 Å². The Kier molecular flexibility index (Phi) is 4.94. The van der Waals surface area contributed by atoms with Gasteiger partial charge in [-0.2, -0.15) is 0 Å². The molecule has 0 aliphatic heterocycles. The van der Waals surface area contributed by atoms with Crippen LogP contribution in [0.2, 0.25) is 0 Å². The molecule has 3 heteroatoms. The molecule has 0 aliphatic carbocycles. The zero-order chi connectivity index (χ0) is 7.98. The number of rotatable bonds is 4. The Labute approximate surface area is 61.8 Å². The maximum atomic E-state index is 10.8. The summed E-state index contributed by atoms with van der Waals surface area (Å²) in [5, 5.41) is 2.93. The SMILES string of the molecule is [CH2]COC(=O)C(C)NCC. The summed E-state index contributed by atoms with van der Waals surface area (Å²) >= 11 is 0. The van der Waals surface area contributed by atoms with Crippen LogP contribution in [0.5, 0.6) is 0 Å². The summed E-state index contributed by atoms with van der Waals surface area (Å²) < 4.78 is 4.64. The molecule has 1 unspecified atom stereocenters.